The Kier molecular flexibility index (Phi) is 5.61. The molecule has 116 valence electrons. The smallest absolute Gasteiger partial charge is 0.293 e. The number of ether oxygens (including phenoxy) is 1. The molecule has 0 saturated carbocycles. The van der Waals surface area contributed by atoms with E-state index in [0.29, 0.717) is 18.0 Å². The van der Waals surface area contributed by atoms with Crippen LogP contribution in [-0.4, -0.2) is 24.1 Å². The van der Waals surface area contributed by atoms with Crippen molar-refractivity contribution in [2.24, 2.45) is 0 Å². The summed E-state index contributed by atoms with van der Waals surface area (Å²) in [6, 6.07) is 10.7. The molecule has 1 aromatic heterocycles. The first-order valence-electron chi connectivity index (χ1n) is 6.85. The topological polar surface area (TPSA) is 60.3 Å². The second-order valence-corrected chi connectivity index (χ2v) is 5.17. The zero-order valence-corrected chi connectivity index (χ0v) is 13.0. The normalized spacial score (nSPS) is 10.3. The number of rotatable bonds is 6. The number of amides is 1. The van der Waals surface area contributed by atoms with E-state index in [9.17, 15) is 9.59 Å². The molecule has 0 bridgehead atoms. The molecule has 22 heavy (non-hydrogen) atoms. The molecular weight excluding hydrogens is 304 g/mol. The predicted octanol–water partition coefficient (Wildman–Crippen LogP) is 1.87. The molecule has 0 unspecified atom stereocenters. The summed E-state index contributed by atoms with van der Waals surface area (Å²) >= 11 is 5.81. The SMILES string of the molecule is COc1cccn(CC(=O)NCCc2ccc(Cl)cc2)c1=O. The molecule has 0 aliphatic heterocycles. The molecule has 1 N–H and O–H groups in total. The zero-order valence-electron chi connectivity index (χ0n) is 12.2. The Labute approximate surface area is 133 Å². The molecule has 0 fully saturated rings. The average molecular weight is 321 g/mol. The molecule has 0 aliphatic rings. The van der Waals surface area contributed by atoms with Gasteiger partial charge in [-0.1, -0.05) is 23.7 Å². The highest BCUT2D eigenvalue weighted by Crippen LogP contribution is 2.09. The standard InChI is InChI=1S/C16H17ClN2O3/c1-22-14-3-2-10-19(16(14)21)11-15(20)18-9-8-12-4-6-13(17)7-5-12/h2-7,10H,8-9,11H2,1H3,(H,18,20). The summed E-state index contributed by atoms with van der Waals surface area (Å²) in [7, 11) is 1.42. The number of carbonyl (C=O) groups excluding carboxylic acids is 1. The van der Waals surface area contributed by atoms with Gasteiger partial charge >= 0.3 is 0 Å². The molecule has 5 nitrogen and oxygen atoms in total. The summed E-state index contributed by atoms with van der Waals surface area (Å²) < 4.78 is 6.26. The average Bonchev–Trinajstić information content (AvgIpc) is 2.51. The summed E-state index contributed by atoms with van der Waals surface area (Å²) in [6.45, 7) is 0.468. The lowest BCUT2D eigenvalue weighted by molar-refractivity contribution is -0.121. The van der Waals surface area contributed by atoms with Gasteiger partial charge in [0.15, 0.2) is 5.75 Å². The van der Waals surface area contributed by atoms with Crippen molar-refractivity contribution in [2.75, 3.05) is 13.7 Å². The van der Waals surface area contributed by atoms with Crippen molar-refractivity contribution in [1.82, 2.24) is 9.88 Å². The Balaban J connectivity index is 1.86. The van der Waals surface area contributed by atoms with Gasteiger partial charge in [-0.3, -0.25) is 9.59 Å². The van der Waals surface area contributed by atoms with Crippen molar-refractivity contribution in [3.05, 3.63) is 63.5 Å². The van der Waals surface area contributed by atoms with Crippen LogP contribution in [0.25, 0.3) is 0 Å². The maximum Gasteiger partial charge on any atom is 0.293 e. The molecular formula is C16H17ClN2O3. The highest BCUT2D eigenvalue weighted by molar-refractivity contribution is 6.30. The van der Waals surface area contributed by atoms with E-state index in [0.717, 1.165) is 5.56 Å². The number of aromatic nitrogens is 1. The van der Waals surface area contributed by atoms with Gasteiger partial charge in [-0.05, 0) is 36.2 Å². The minimum atomic E-state index is -0.321. The van der Waals surface area contributed by atoms with Crippen LogP contribution in [0.4, 0.5) is 0 Å². The number of carbonyl (C=O) groups is 1. The fourth-order valence-electron chi connectivity index (χ4n) is 2.00. The minimum Gasteiger partial charge on any atom is -0.491 e. The molecule has 1 amide bonds. The lowest BCUT2D eigenvalue weighted by atomic mass is 10.1. The van der Waals surface area contributed by atoms with Gasteiger partial charge in [-0.25, -0.2) is 0 Å². The molecule has 6 heteroatoms. The van der Waals surface area contributed by atoms with E-state index in [4.69, 9.17) is 16.3 Å². The van der Waals surface area contributed by atoms with Crippen molar-refractivity contribution in [3.8, 4) is 5.75 Å². The van der Waals surface area contributed by atoms with Crippen LogP contribution >= 0.6 is 11.6 Å². The first-order valence-corrected chi connectivity index (χ1v) is 7.22. The van der Waals surface area contributed by atoms with Crippen LogP contribution in [0.3, 0.4) is 0 Å². The molecule has 1 heterocycles. The molecule has 2 rings (SSSR count). The summed E-state index contributed by atoms with van der Waals surface area (Å²) in [5.74, 6) is 0.000723. The van der Waals surface area contributed by atoms with Crippen LogP contribution < -0.4 is 15.6 Å². The van der Waals surface area contributed by atoms with Gasteiger partial charge in [-0.2, -0.15) is 0 Å². The fourth-order valence-corrected chi connectivity index (χ4v) is 2.13. The van der Waals surface area contributed by atoms with E-state index in [2.05, 4.69) is 5.32 Å². The van der Waals surface area contributed by atoms with Gasteiger partial charge in [0.05, 0.1) is 7.11 Å². The van der Waals surface area contributed by atoms with Crippen LogP contribution in [0.2, 0.25) is 5.02 Å². The first-order chi connectivity index (χ1) is 10.6. The molecule has 0 radical (unpaired) electrons. The Hall–Kier alpha value is -2.27. The van der Waals surface area contributed by atoms with Gasteiger partial charge in [0, 0.05) is 17.8 Å². The third-order valence-corrected chi connectivity index (χ3v) is 3.42. The van der Waals surface area contributed by atoms with Crippen LogP contribution in [0.1, 0.15) is 5.56 Å². The molecule has 0 spiro atoms. The molecule has 0 saturated heterocycles. The molecule has 0 aliphatic carbocycles. The first kappa shape index (κ1) is 16.1. The zero-order chi connectivity index (χ0) is 15.9. The van der Waals surface area contributed by atoms with Crippen LogP contribution in [0.5, 0.6) is 5.75 Å². The second kappa shape index (κ2) is 7.66. The van der Waals surface area contributed by atoms with Crippen molar-refractivity contribution in [1.29, 1.82) is 0 Å². The predicted molar refractivity (Wildman–Crippen MR) is 85.4 cm³/mol. The largest absolute Gasteiger partial charge is 0.491 e. The quantitative estimate of drug-likeness (QED) is 0.884. The van der Waals surface area contributed by atoms with Gasteiger partial charge in [0.25, 0.3) is 5.56 Å². The summed E-state index contributed by atoms with van der Waals surface area (Å²) in [6.07, 6.45) is 2.26. The Morgan fingerprint density at radius 1 is 1.27 bits per heavy atom. The Morgan fingerprint density at radius 3 is 2.68 bits per heavy atom. The van der Waals surface area contributed by atoms with E-state index in [1.165, 1.54) is 11.7 Å². The maximum atomic E-state index is 11.9. The van der Waals surface area contributed by atoms with Gasteiger partial charge in [-0.15, -0.1) is 0 Å². The van der Waals surface area contributed by atoms with Crippen molar-refractivity contribution in [2.45, 2.75) is 13.0 Å². The third-order valence-electron chi connectivity index (χ3n) is 3.17. The van der Waals surface area contributed by atoms with Crippen LogP contribution in [0, 0.1) is 0 Å². The van der Waals surface area contributed by atoms with E-state index >= 15 is 0 Å². The molecule has 1 aromatic carbocycles. The number of nitrogens with zero attached hydrogens (tertiary/aromatic N) is 1. The number of benzene rings is 1. The second-order valence-electron chi connectivity index (χ2n) is 4.74. The number of hydrogen-bond acceptors (Lipinski definition) is 3. The lowest BCUT2D eigenvalue weighted by Gasteiger charge is -2.08. The van der Waals surface area contributed by atoms with Gasteiger partial charge < -0.3 is 14.6 Å². The highest BCUT2D eigenvalue weighted by atomic mass is 35.5. The fraction of sp³-hybridized carbons (Fsp3) is 0.250. The van der Waals surface area contributed by atoms with Crippen LogP contribution in [0.15, 0.2) is 47.4 Å². The van der Waals surface area contributed by atoms with E-state index in [1.54, 1.807) is 18.3 Å². The maximum absolute atomic E-state index is 11.9. The highest BCUT2D eigenvalue weighted by Gasteiger charge is 2.07. The number of nitrogens with one attached hydrogen (secondary N) is 1. The van der Waals surface area contributed by atoms with E-state index in [1.807, 2.05) is 24.3 Å². The number of halogens is 1. The summed E-state index contributed by atoms with van der Waals surface area (Å²) in [5.41, 5.74) is 0.765. The number of methoxy groups -OCH3 is 1. The number of pyridine rings is 1. The van der Waals surface area contributed by atoms with Gasteiger partial charge in [0.2, 0.25) is 5.91 Å². The summed E-state index contributed by atoms with van der Waals surface area (Å²) in [4.78, 5) is 23.8. The third kappa shape index (κ3) is 4.36. The Morgan fingerprint density at radius 2 is 2.00 bits per heavy atom. The van der Waals surface area contributed by atoms with E-state index < -0.39 is 0 Å². The molecule has 0 atom stereocenters. The van der Waals surface area contributed by atoms with E-state index in [-0.39, 0.29) is 23.8 Å². The van der Waals surface area contributed by atoms with Crippen molar-refractivity contribution >= 4 is 17.5 Å². The molecule has 2 aromatic rings. The van der Waals surface area contributed by atoms with Crippen LogP contribution in [-0.2, 0) is 17.8 Å². The Bertz CT molecular complexity index is 695. The number of hydrogen-bond donors (Lipinski definition) is 1. The van der Waals surface area contributed by atoms with Crippen molar-refractivity contribution < 1.29 is 9.53 Å². The van der Waals surface area contributed by atoms with Crippen molar-refractivity contribution in [3.63, 3.8) is 0 Å². The van der Waals surface area contributed by atoms with Gasteiger partial charge in [0.1, 0.15) is 6.54 Å². The minimum absolute atomic E-state index is 0.0311. The monoisotopic (exact) mass is 320 g/mol. The summed E-state index contributed by atoms with van der Waals surface area (Å²) in [5, 5.41) is 3.47. The lowest BCUT2D eigenvalue weighted by Crippen LogP contribution is -2.33.